The van der Waals surface area contributed by atoms with Crippen LogP contribution in [-0.2, 0) is 10.1 Å². The molecule has 2 aromatic carbocycles. The van der Waals surface area contributed by atoms with Crippen molar-refractivity contribution in [3.63, 3.8) is 0 Å². The van der Waals surface area contributed by atoms with Crippen LogP contribution in [0.4, 0.5) is 0 Å². The van der Waals surface area contributed by atoms with E-state index in [9.17, 15) is 22.6 Å². The van der Waals surface area contributed by atoms with Crippen molar-refractivity contribution in [1.29, 1.82) is 0 Å². The van der Waals surface area contributed by atoms with Crippen molar-refractivity contribution in [2.45, 2.75) is 64.2 Å². The van der Waals surface area contributed by atoms with Crippen molar-refractivity contribution in [2.24, 2.45) is 0 Å². The molecule has 0 saturated heterocycles. The van der Waals surface area contributed by atoms with E-state index in [0.717, 1.165) is 7.11 Å². The molecule has 0 heterocycles. The molecule has 206 valence electrons. The van der Waals surface area contributed by atoms with Crippen LogP contribution >= 0.6 is 7.26 Å². The Labute approximate surface area is 221 Å². The third kappa shape index (κ3) is 9.72. The highest BCUT2D eigenvalue weighted by Crippen LogP contribution is 2.59. The average Bonchev–Trinajstić information content (AvgIpc) is 2.88. The molecule has 0 aromatic heterocycles. The molecule has 0 aliphatic heterocycles. The van der Waals surface area contributed by atoms with Crippen LogP contribution in [0.3, 0.4) is 0 Å². The van der Waals surface area contributed by atoms with E-state index < -0.39 is 51.1 Å². The third-order valence-electron chi connectivity index (χ3n) is 6.13. The molecule has 0 radical (unpaired) electrons. The summed E-state index contributed by atoms with van der Waals surface area (Å²) in [6, 6.07) is 12.7. The van der Waals surface area contributed by atoms with E-state index in [1.807, 2.05) is 0 Å². The van der Waals surface area contributed by atoms with Crippen LogP contribution in [0.2, 0.25) is 0 Å². The molecule has 0 saturated carbocycles. The maximum Gasteiger partial charge on any atom is 0.339 e. The standard InChI is InChI=1S/C18H32P.C9H8O8S/c1-4-7-15-19(16-8-5-2,17-9-6-3)18-13-11-10-12-14-18;1-17-7-5(9(12)13)2-4(8(10)11)3-6(7)18(14,15)16/h10-14H,4-9,15-17H2,1-3H3;2-3H,1H3,(H,10,11)(H,12,13)(H,14,15,16)/q+1;/p-1. The topological polar surface area (TPSA) is 141 Å². The van der Waals surface area contributed by atoms with E-state index in [1.54, 1.807) is 5.30 Å². The second kappa shape index (κ2) is 15.7. The lowest BCUT2D eigenvalue weighted by molar-refractivity contribution is 0.0692. The van der Waals surface area contributed by atoms with Gasteiger partial charge in [0.05, 0.1) is 41.4 Å². The molecule has 0 bridgehead atoms. The number of rotatable bonds is 14. The highest BCUT2D eigenvalue weighted by Gasteiger charge is 2.37. The molecule has 0 unspecified atom stereocenters. The lowest BCUT2D eigenvalue weighted by Gasteiger charge is -2.27. The Morgan fingerprint density at radius 3 is 1.70 bits per heavy atom. The lowest BCUT2D eigenvalue weighted by atomic mass is 10.1. The van der Waals surface area contributed by atoms with E-state index in [0.29, 0.717) is 12.1 Å². The molecule has 0 spiro atoms. The van der Waals surface area contributed by atoms with Crippen molar-refractivity contribution in [1.82, 2.24) is 0 Å². The minimum Gasteiger partial charge on any atom is -0.744 e. The van der Waals surface area contributed by atoms with Gasteiger partial charge in [0, 0.05) is 7.26 Å². The number of carbonyl (C=O) groups is 2. The number of hydrogen-bond donors (Lipinski definition) is 2. The third-order valence-corrected chi connectivity index (χ3v) is 11.9. The lowest BCUT2D eigenvalue weighted by Crippen LogP contribution is -2.20. The van der Waals surface area contributed by atoms with Crippen molar-refractivity contribution in [3.05, 3.63) is 53.6 Å². The quantitative estimate of drug-likeness (QED) is 0.223. The molecule has 0 aliphatic carbocycles. The predicted octanol–water partition coefficient (Wildman–Crippen LogP) is 5.73. The number of ether oxygens (including phenoxy) is 1. The minimum absolute atomic E-state index is 0.552. The van der Waals surface area contributed by atoms with Gasteiger partial charge in [0.2, 0.25) is 0 Å². The fraction of sp³-hybridized carbons (Fsp3) is 0.481. The molecule has 8 nitrogen and oxygen atoms in total. The molecule has 2 N–H and O–H groups in total. The zero-order valence-corrected chi connectivity index (χ0v) is 23.8. The molecule has 37 heavy (non-hydrogen) atoms. The van der Waals surface area contributed by atoms with Gasteiger partial charge in [-0.25, -0.2) is 18.0 Å². The number of unbranched alkanes of at least 4 members (excludes halogenated alkanes) is 3. The Morgan fingerprint density at radius 2 is 1.35 bits per heavy atom. The summed E-state index contributed by atoms with van der Waals surface area (Å²) in [4.78, 5) is 20.6. The SMILES string of the molecule is CCCC[P+](CCCC)(CCCC)c1ccccc1.COc1c(C(=O)O)cc(C(=O)O)cc1S(=O)(=O)[O-]. The van der Waals surface area contributed by atoms with E-state index in [-0.39, 0.29) is 0 Å². The van der Waals surface area contributed by atoms with Gasteiger partial charge in [-0.15, -0.1) is 0 Å². The van der Waals surface area contributed by atoms with Crippen LogP contribution in [0, 0.1) is 0 Å². The van der Waals surface area contributed by atoms with Gasteiger partial charge in [-0.1, -0.05) is 58.2 Å². The molecular formula is C27H39O8PS. The van der Waals surface area contributed by atoms with Crippen LogP contribution < -0.4 is 10.0 Å². The Bertz CT molecular complexity index is 1090. The van der Waals surface area contributed by atoms with E-state index in [2.05, 4.69) is 55.8 Å². The Balaban J connectivity index is 0.000000371. The summed E-state index contributed by atoms with van der Waals surface area (Å²) in [5, 5.41) is 19.2. The molecule has 2 rings (SSSR count). The molecule has 0 aliphatic rings. The van der Waals surface area contributed by atoms with Gasteiger partial charge < -0.3 is 19.5 Å². The molecule has 10 heteroatoms. The first kappa shape index (κ1) is 32.5. The summed E-state index contributed by atoms with van der Waals surface area (Å²) in [6.07, 6.45) is 12.7. The number of aromatic carboxylic acids is 2. The number of methoxy groups -OCH3 is 1. The van der Waals surface area contributed by atoms with E-state index in [1.165, 1.54) is 57.0 Å². The van der Waals surface area contributed by atoms with Gasteiger partial charge in [0.1, 0.15) is 15.7 Å². The maximum absolute atomic E-state index is 10.9. The Hall–Kier alpha value is -2.48. The average molecular weight is 555 g/mol. The monoisotopic (exact) mass is 554 g/mol. The van der Waals surface area contributed by atoms with Gasteiger partial charge in [0.25, 0.3) is 0 Å². The van der Waals surface area contributed by atoms with E-state index >= 15 is 0 Å². The van der Waals surface area contributed by atoms with Crippen molar-refractivity contribution >= 4 is 34.6 Å². The van der Waals surface area contributed by atoms with Crippen LogP contribution in [0.1, 0.15) is 80.0 Å². The first-order valence-electron chi connectivity index (χ1n) is 12.5. The smallest absolute Gasteiger partial charge is 0.339 e. The maximum atomic E-state index is 10.9. The summed E-state index contributed by atoms with van der Waals surface area (Å²) >= 11 is 0. The number of carboxylic acids is 2. The van der Waals surface area contributed by atoms with Crippen molar-refractivity contribution in [3.8, 4) is 5.75 Å². The fourth-order valence-corrected chi connectivity index (χ4v) is 9.84. The zero-order chi connectivity index (χ0) is 28.1. The van der Waals surface area contributed by atoms with Crippen molar-refractivity contribution in [2.75, 3.05) is 25.6 Å². The van der Waals surface area contributed by atoms with Crippen LogP contribution in [0.15, 0.2) is 47.4 Å². The summed E-state index contributed by atoms with van der Waals surface area (Å²) in [5.41, 5.74) is -1.35. The Morgan fingerprint density at radius 1 is 0.865 bits per heavy atom. The first-order valence-corrected chi connectivity index (χ1v) is 16.3. The summed E-state index contributed by atoms with van der Waals surface area (Å²) in [7, 11) is -4.99. The molecular weight excluding hydrogens is 515 g/mol. The normalized spacial score (nSPS) is 11.4. The van der Waals surface area contributed by atoms with Gasteiger partial charge in [-0.3, -0.25) is 0 Å². The van der Waals surface area contributed by atoms with E-state index in [4.69, 9.17) is 10.2 Å². The van der Waals surface area contributed by atoms with Gasteiger partial charge in [-0.2, -0.15) is 0 Å². The molecule has 0 fully saturated rings. The molecule has 2 aromatic rings. The number of carboxylic acid groups (broad SMARTS) is 2. The zero-order valence-electron chi connectivity index (χ0n) is 22.1. The van der Waals surface area contributed by atoms with Crippen LogP contribution in [0.5, 0.6) is 5.75 Å². The number of hydrogen-bond acceptors (Lipinski definition) is 6. The summed E-state index contributed by atoms with van der Waals surface area (Å²) in [6.45, 7) is 7.00. The van der Waals surface area contributed by atoms with Gasteiger partial charge >= 0.3 is 11.9 Å². The second-order valence-corrected chi connectivity index (χ2v) is 14.3. The number of benzene rings is 2. The highest BCUT2D eigenvalue weighted by atomic mass is 32.2. The molecule has 0 atom stereocenters. The first-order chi connectivity index (χ1) is 17.5. The van der Waals surface area contributed by atoms with Crippen LogP contribution in [0.25, 0.3) is 0 Å². The highest BCUT2D eigenvalue weighted by molar-refractivity contribution is 7.85. The Kier molecular flexibility index (Phi) is 13.8. The minimum atomic E-state index is -5.06. The predicted molar refractivity (Wildman–Crippen MR) is 147 cm³/mol. The largest absolute Gasteiger partial charge is 0.744 e. The molecule has 0 amide bonds. The second-order valence-electron chi connectivity index (χ2n) is 8.83. The summed E-state index contributed by atoms with van der Waals surface area (Å²) in [5.74, 6) is -3.87. The fourth-order valence-electron chi connectivity index (χ4n) is 4.13. The van der Waals surface area contributed by atoms with Crippen LogP contribution in [-0.4, -0.2) is 60.7 Å². The van der Waals surface area contributed by atoms with Gasteiger partial charge in [-0.05, 0) is 43.5 Å². The van der Waals surface area contributed by atoms with Gasteiger partial charge in [0.15, 0.2) is 5.75 Å². The summed E-state index contributed by atoms with van der Waals surface area (Å²) < 4.78 is 37.4. The van der Waals surface area contributed by atoms with Crippen molar-refractivity contribution < 1.29 is 37.5 Å².